The molecule has 0 amide bonds. The summed E-state index contributed by atoms with van der Waals surface area (Å²) in [5.74, 6) is -0.478. The van der Waals surface area contributed by atoms with Crippen LogP contribution >= 0.6 is 0 Å². The Labute approximate surface area is 98.9 Å². The molecule has 0 aromatic heterocycles. The van der Waals surface area contributed by atoms with Crippen molar-refractivity contribution in [1.82, 2.24) is 0 Å². The SMILES string of the molecule is C[C@@H](O)c1c(F)cccc1N1CC(O)C(O)C1. The lowest BCUT2D eigenvalue weighted by Gasteiger charge is -2.23. The molecule has 1 aliphatic heterocycles. The van der Waals surface area contributed by atoms with Gasteiger partial charge in [-0.2, -0.15) is 0 Å². The normalized spacial score (nSPS) is 26.3. The van der Waals surface area contributed by atoms with E-state index in [-0.39, 0.29) is 18.7 Å². The molecule has 1 heterocycles. The summed E-state index contributed by atoms with van der Waals surface area (Å²) in [6.45, 7) is 1.97. The van der Waals surface area contributed by atoms with E-state index in [0.29, 0.717) is 5.69 Å². The molecular weight excluding hydrogens is 225 g/mol. The van der Waals surface area contributed by atoms with Gasteiger partial charge in [0.15, 0.2) is 0 Å². The van der Waals surface area contributed by atoms with Gasteiger partial charge in [-0.05, 0) is 19.1 Å². The van der Waals surface area contributed by atoms with Gasteiger partial charge in [-0.15, -0.1) is 0 Å². The maximum atomic E-state index is 13.6. The number of anilines is 1. The molecule has 0 radical (unpaired) electrons. The third kappa shape index (κ3) is 2.26. The van der Waals surface area contributed by atoms with Crippen LogP contribution in [0.25, 0.3) is 0 Å². The van der Waals surface area contributed by atoms with E-state index in [4.69, 9.17) is 0 Å². The van der Waals surface area contributed by atoms with Gasteiger partial charge in [0.05, 0.1) is 18.3 Å². The second-order valence-corrected chi connectivity index (χ2v) is 4.39. The predicted octanol–water partition coefficient (Wildman–Crippen LogP) is 0.421. The van der Waals surface area contributed by atoms with Gasteiger partial charge < -0.3 is 20.2 Å². The van der Waals surface area contributed by atoms with Crippen LogP contribution in [-0.4, -0.2) is 40.6 Å². The van der Waals surface area contributed by atoms with Crippen LogP contribution in [0, 0.1) is 5.82 Å². The van der Waals surface area contributed by atoms with Crippen molar-refractivity contribution in [2.75, 3.05) is 18.0 Å². The van der Waals surface area contributed by atoms with Crippen molar-refractivity contribution < 1.29 is 19.7 Å². The van der Waals surface area contributed by atoms with Crippen LogP contribution in [0.2, 0.25) is 0 Å². The van der Waals surface area contributed by atoms with E-state index < -0.39 is 24.1 Å². The standard InChI is InChI=1S/C12H16FNO3/c1-7(15)12-8(13)3-2-4-9(12)14-5-10(16)11(17)6-14/h2-4,7,10-11,15-17H,5-6H2,1H3/t7-,10?,11?/m1/s1. The van der Waals surface area contributed by atoms with E-state index in [2.05, 4.69) is 0 Å². The Morgan fingerprint density at radius 1 is 1.29 bits per heavy atom. The molecule has 2 rings (SSSR count). The number of nitrogens with zero attached hydrogens (tertiary/aromatic N) is 1. The van der Waals surface area contributed by atoms with Gasteiger partial charge in [0.1, 0.15) is 5.82 Å². The maximum absolute atomic E-state index is 13.6. The zero-order chi connectivity index (χ0) is 12.6. The number of aliphatic hydroxyl groups excluding tert-OH is 3. The Morgan fingerprint density at radius 3 is 2.41 bits per heavy atom. The lowest BCUT2D eigenvalue weighted by atomic mass is 10.1. The van der Waals surface area contributed by atoms with Gasteiger partial charge in [-0.1, -0.05) is 6.07 Å². The molecule has 1 saturated heterocycles. The minimum Gasteiger partial charge on any atom is -0.389 e. The molecular formula is C12H16FNO3. The van der Waals surface area contributed by atoms with E-state index in [1.807, 2.05) is 0 Å². The number of aliphatic hydroxyl groups is 3. The molecule has 0 bridgehead atoms. The van der Waals surface area contributed by atoms with Crippen LogP contribution in [-0.2, 0) is 0 Å². The lowest BCUT2D eigenvalue weighted by molar-refractivity contribution is 0.0572. The summed E-state index contributed by atoms with van der Waals surface area (Å²) >= 11 is 0. The molecule has 0 spiro atoms. The first-order valence-electron chi connectivity index (χ1n) is 5.58. The van der Waals surface area contributed by atoms with Crippen LogP contribution < -0.4 is 4.90 Å². The highest BCUT2D eigenvalue weighted by Crippen LogP contribution is 2.31. The molecule has 17 heavy (non-hydrogen) atoms. The second kappa shape index (κ2) is 4.60. The fraction of sp³-hybridized carbons (Fsp3) is 0.500. The zero-order valence-corrected chi connectivity index (χ0v) is 9.55. The van der Waals surface area contributed by atoms with Crippen molar-refractivity contribution in [3.8, 4) is 0 Å². The number of hydrogen-bond donors (Lipinski definition) is 3. The maximum Gasteiger partial charge on any atom is 0.131 e. The van der Waals surface area contributed by atoms with Crippen molar-refractivity contribution in [1.29, 1.82) is 0 Å². The molecule has 0 aliphatic carbocycles. The fourth-order valence-corrected chi connectivity index (χ4v) is 2.18. The monoisotopic (exact) mass is 241 g/mol. The van der Waals surface area contributed by atoms with Gasteiger partial charge in [0.25, 0.3) is 0 Å². The largest absolute Gasteiger partial charge is 0.389 e. The predicted molar refractivity (Wildman–Crippen MR) is 61.3 cm³/mol. The van der Waals surface area contributed by atoms with Gasteiger partial charge in [0.2, 0.25) is 0 Å². The summed E-state index contributed by atoms with van der Waals surface area (Å²) in [5, 5.41) is 28.5. The smallest absolute Gasteiger partial charge is 0.131 e. The Balaban J connectivity index is 2.36. The summed E-state index contributed by atoms with van der Waals surface area (Å²) in [5.41, 5.74) is 0.726. The minimum absolute atomic E-state index is 0.203. The van der Waals surface area contributed by atoms with Crippen LogP contribution in [0.1, 0.15) is 18.6 Å². The number of benzene rings is 1. The van der Waals surface area contributed by atoms with Crippen LogP contribution in [0.4, 0.5) is 10.1 Å². The van der Waals surface area contributed by atoms with Crippen LogP contribution in [0.15, 0.2) is 18.2 Å². The number of β-amino-alcohol motifs (C(OH)–C–C–N with tert-alkyl or cyclic N) is 2. The first kappa shape index (κ1) is 12.3. The topological polar surface area (TPSA) is 63.9 Å². The highest BCUT2D eigenvalue weighted by Gasteiger charge is 2.31. The molecule has 1 aliphatic rings. The van der Waals surface area contributed by atoms with Crippen molar-refractivity contribution >= 4 is 5.69 Å². The molecule has 1 fully saturated rings. The molecule has 3 atom stereocenters. The number of halogens is 1. The summed E-state index contributed by atoms with van der Waals surface area (Å²) < 4.78 is 13.6. The summed E-state index contributed by atoms with van der Waals surface area (Å²) in [6.07, 6.45) is -2.60. The third-order valence-corrected chi connectivity index (χ3v) is 3.05. The Hall–Kier alpha value is -1.17. The second-order valence-electron chi connectivity index (χ2n) is 4.39. The summed E-state index contributed by atoms with van der Waals surface area (Å²) in [7, 11) is 0. The van der Waals surface area contributed by atoms with Crippen LogP contribution in [0.3, 0.4) is 0 Å². The lowest BCUT2D eigenvalue weighted by Crippen LogP contribution is -2.23. The van der Waals surface area contributed by atoms with E-state index in [9.17, 15) is 19.7 Å². The molecule has 5 heteroatoms. The summed E-state index contributed by atoms with van der Waals surface area (Å²) in [6, 6.07) is 4.51. The van der Waals surface area contributed by atoms with E-state index >= 15 is 0 Å². The highest BCUT2D eigenvalue weighted by molar-refractivity contribution is 5.56. The summed E-state index contributed by atoms with van der Waals surface area (Å²) in [4.78, 5) is 1.68. The molecule has 3 N–H and O–H groups in total. The van der Waals surface area contributed by atoms with E-state index in [1.54, 1.807) is 17.0 Å². The van der Waals surface area contributed by atoms with Gasteiger partial charge in [-0.3, -0.25) is 0 Å². The number of hydrogen-bond acceptors (Lipinski definition) is 4. The van der Waals surface area contributed by atoms with Crippen LogP contribution in [0.5, 0.6) is 0 Å². The van der Waals surface area contributed by atoms with Crippen molar-refractivity contribution in [2.24, 2.45) is 0 Å². The Kier molecular flexibility index (Phi) is 3.33. The first-order valence-corrected chi connectivity index (χ1v) is 5.58. The van der Waals surface area contributed by atoms with Gasteiger partial charge >= 0.3 is 0 Å². The first-order chi connectivity index (χ1) is 8.00. The highest BCUT2D eigenvalue weighted by atomic mass is 19.1. The molecule has 2 unspecified atom stereocenters. The van der Waals surface area contributed by atoms with E-state index in [0.717, 1.165) is 0 Å². The Bertz CT molecular complexity index is 401. The quantitative estimate of drug-likeness (QED) is 0.702. The fourth-order valence-electron chi connectivity index (χ4n) is 2.18. The molecule has 1 aromatic carbocycles. The molecule has 4 nitrogen and oxygen atoms in total. The Morgan fingerprint density at radius 2 is 1.88 bits per heavy atom. The average Bonchev–Trinajstić information content (AvgIpc) is 2.58. The van der Waals surface area contributed by atoms with Gasteiger partial charge in [0, 0.05) is 24.3 Å². The average molecular weight is 241 g/mol. The minimum atomic E-state index is -0.930. The van der Waals surface area contributed by atoms with Crippen molar-refractivity contribution in [2.45, 2.75) is 25.2 Å². The van der Waals surface area contributed by atoms with Gasteiger partial charge in [-0.25, -0.2) is 4.39 Å². The van der Waals surface area contributed by atoms with Crippen molar-refractivity contribution in [3.05, 3.63) is 29.6 Å². The molecule has 1 aromatic rings. The third-order valence-electron chi connectivity index (χ3n) is 3.05. The number of rotatable bonds is 2. The van der Waals surface area contributed by atoms with E-state index in [1.165, 1.54) is 13.0 Å². The molecule has 0 saturated carbocycles. The molecule has 94 valence electrons. The van der Waals surface area contributed by atoms with Crippen molar-refractivity contribution in [3.63, 3.8) is 0 Å². The zero-order valence-electron chi connectivity index (χ0n) is 9.55.